The van der Waals surface area contributed by atoms with Gasteiger partial charge in [0, 0.05) is 15.6 Å². The van der Waals surface area contributed by atoms with Gasteiger partial charge in [0.25, 0.3) is 0 Å². The lowest BCUT2D eigenvalue weighted by atomic mass is 9.82. The highest BCUT2D eigenvalue weighted by Gasteiger charge is 2.23. The van der Waals surface area contributed by atoms with Gasteiger partial charge in [-0.3, -0.25) is 0 Å². The summed E-state index contributed by atoms with van der Waals surface area (Å²) in [6, 6.07) is 18.6. The first-order valence-electron chi connectivity index (χ1n) is 12.5. The minimum atomic E-state index is -1.40. The van der Waals surface area contributed by atoms with Crippen molar-refractivity contribution in [3.8, 4) is 11.3 Å². The number of hydrogen-bond acceptors (Lipinski definition) is 3. The zero-order valence-electron chi connectivity index (χ0n) is 22.5. The normalized spacial score (nSPS) is 13.3. The number of nitrogens with zero attached hydrogens (tertiary/aromatic N) is 2. The van der Waals surface area contributed by atoms with Crippen LogP contribution in [0, 0.1) is 0 Å². The van der Waals surface area contributed by atoms with E-state index in [0.717, 1.165) is 11.2 Å². The summed E-state index contributed by atoms with van der Waals surface area (Å²) in [6.45, 7) is 21.0. The average molecular weight is 497 g/mol. The molecule has 5 aromatic rings. The molecule has 0 fully saturated rings. The average Bonchev–Trinajstić information content (AvgIpc) is 3.14. The summed E-state index contributed by atoms with van der Waals surface area (Å²) in [7, 11) is -1.40. The van der Waals surface area contributed by atoms with Crippen LogP contribution in [-0.4, -0.2) is 18.0 Å². The van der Waals surface area contributed by atoms with E-state index in [0.29, 0.717) is 0 Å². The van der Waals surface area contributed by atoms with E-state index in [1.54, 1.807) is 6.33 Å². The van der Waals surface area contributed by atoms with Gasteiger partial charge in [0.15, 0.2) is 0 Å². The minimum Gasteiger partial charge on any atom is -0.235 e. The fourth-order valence-electron chi connectivity index (χ4n) is 4.83. The molecule has 0 saturated heterocycles. The van der Waals surface area contributed by atoms with Crippen LogP contribution in [-0.2, 0) is 10.8 Å². The molecule has 180 valence electrons. The molecule has 3 aromatic carbocycles. The summed E-state index contributed by atoms with van der Waals surface area (Å²) in [5.41, 5.74) is 6.15. The summed E-state index contributed by atoms with van der Waals surface area (Å²) in [6.07, 6.45) is 1.73. The van der Waals surface area contributed by atoms with Crippen LogP contribution < -0.4 is 5.19 Å². The lowest BCUT2D eigenvalue weighted by Crippen LogP contribution is -2.37. The molecule has 5 rings (SSSR count). The number of hydrogen-bond donors (Lipinski definition) is 0. The molecule has 2 heterocycles. The molecule has 0 saturated carbocycles. The van der Waals surface area contributed by atoms with E-state index >= 15 is 0 Å². The van der Waals surface area contributed by atoms with Crippen molar-refractivity contribution in [1.82, 2.24) is 9.97 Å². The van der Waals surface area contributed by atoms with Crippen molar-refractivity contribution in [2.45, 2.75) is 72.0 Å². The van der Waals surface area contributed by atoms with Gasteiger partial charge in [0.05, 0.1) is 24.0 Å². The van der Waals surface area contributed by atoms with Crippen LogP contribution in [0.4, 0.5) is 0 Å². The van der Waals surface area contributed by atoms with E-state index in [4.69, 9.17) is 9.97 Å². The van der Waals surface area contributed by atoms with Gasteiger partial charge in [0.1, 0.15) is 6.33 Å². The molecular weight excluding hydrogens is 461 g/mol. The molecular formula is C31H36N2SSi. The van der Waals surface area contributed by atoms with Gasteiger partial charge in [-0.05, 0) is 50.9 Å². The first-order valence-corrected chi connectivity index (χ1v) is 16.8. The van der Waals surface area contributed by atoms with Crippen molar-refractivity contribution in [3.05, 3.63) is 66.0 Å². The molecule has 0 unspecified atom stereocenters. The van der Waals surface area contributed by atoms with E-state index in [9.17, 15) is 0 Å². The molecule has 0 bridgehead atoms. The third-order valence-corrected chi connectivity index (χ3v) is 10.2. The van der Waals surface area contributed by atoms with Crippen LogP contribution in [0.25, 0.3) is 42.3 Å². The molecule has 0 N–H and O–H groups in total. The highest BCUT2D eigenvalue weighted by atomic mass is 32.1. The molecule has 2 aromatic heterocycles. The first kappa shape index (κ1) is 24.1. The molecule has 0 aliphatic heterocycles. The predicted molar refractivity (Wildman–Crippen MR) is 158 cm³/mol. The lowest BCUT2D eigenvalue weighted by Gasteiger charge is -2.25. The van der Waals surface area contributed by atoms with Crippen LogP contribution in [0.5, 0.6) is 0 Å². The van der Waals surface area contributed by atoms with Crippen LogP contribution in [0.3, 0.4) is 0 Å². The quantitative estimate of drug-likeness (QED) is 0.228. The Morgan fingerprint density at radius 3 is 2.14 bits per heavy atom. The third-order valence-electron chi connectivity index (χ3n) is 7.02. The molecule has 0 atom stereocenters. The van der Waals surface area contributed by atoms with Gasteiger partial charge in [0.2, 0.25) is 0 Å². The predicted octanol–water partition coefficient (Wildman–Crippen LogP) is 8.80. The number of aromatic nitrogens is 2. The van der Waals surface area contributed by atoms with Gasteiger partial charge >= 0.3 is 0 Å². The van der Waals surface area contributed by atoms with Crippen LogP contribution in [0.1, 0.15) is 52.7 Å². The Bertz CT molecular complexity index is 1590. The topological polar surface area (TPSA) is 25.8 Å². The molecule has 35 heavy (non-hydrogen) atoms. The van der Waals surface area contributed by atoms with Crippen molar-refractivity contribution < 1.29 is 0 Å². The Kier molecular flexibility index (Phi) is 5.50. The fourth-order valence-corrected chi connectivity index (χ4v) is 7.20. The Morgan fingerprint density at radius 2 is 1.49 bits per heavy atom. The smallest absolute Gasteiger partial charge is 0.116 e. The van der Waals surface area contributed by atoms with Gasteiger partial charge in [-0.25, -0.2) is 9.97 Å². The third kappa shape index (κ3) is 4.32. The maximum Gasteiger partial charge on any atom is 0.116 e. The van der Waals surface area contributed by atoms with Crippen molar-refractivity contribution >= 4 is 55.7 Å². The first-order chi connectivity index (χ1) is 16.2. The molecule has 0 spiro atoms. The number of rotatable bonds is 2. The van der Waals surface area contributed by atoms with Crippen LogP contribution in [0.15, 0.2) is 54.9 Å². The van der Waals surface area contributed by atoms with Crippen LogP contribution >= 0.6 is 11.3 Å². The molecule has 0 radical (unpaired) electrons. The SMILES string of the molecule is CC(C)(C)c1ccc2c(c1)sc1c(-c3cc(C(C)(C)C)c4cc([Si](C)(C)C)ccc4c3)ncnc12. The second-order valence-electron chi connectivity index (χ2n) is 12.9. The van der Waals surface area contributed by atoms with E-state index in [-0.39, 0.29) is 10.8 Å². The number of thiophene rings is 1. The molecule has 2 nitrogen and oxygen atoms in total. The zero-order chi connectivity index (χ0) is 25.3. The Balaban J connectivity index is 1.78. The van der Waals surface area contributed by atoms with E-state index in [1.807, 2.05) is 11.3 Å². The molecule has 4 heteroatoms. The van der Waals surface area contributed by atoms with Crippen LogP contribution in [0.2, 0.25) is 19.6 Å². The molecule has 0 amide bonds. The Hall–Kier alpha value is -2.56. The van der Waals surface area contributed by atoms with Crippen molar-refractivity contribution in [2.24, 2.45) is 0 Å². The summed E-state index contributed by atoms with van der Waals surface area (Å²) in [5, 5.41) is 5.39. The maximum absolute atomic E-state index is 4.84. The van der Waals surface area contributed by atoms with Gasteiger partial charge in [-0.15, -0.1) is 11.3 Å². The number of benzene rings is 3. The van der Waals surface area contributed by atoms with Crippen molar-refractivity contribution in [3.63, 3.8) is 0 Å². The van der Waals surface area contributed by atoms with Crippen molar-refractivity contribution in [2.75, 3.05) is 0 Å². The van der Waals surface area contributed by atoms with Gasteiger partial charge in [-0.2, -0.15) is 0 Å². The summed E-state index contributed by atoms with van der Waals surface area (Å²) >= 11 is 1.82. The fraction of sp³-hybridized carbons (Fsp3) is 0.355. The zero-order valence-corrected chi connectivity index (χ0v) is 24.3. The van der Waals surface area contributed by atoms with E-state index in [2.05, 4.69) is 110 Å². The summed E-state index contributed by atoms with van der Waals surface area (Å²) in [5.74, 6) is 0. The Labute approximate surface area is 214 Å². The number of fused-ring (bicyclic) bond motifs is 4. The second-order valence-corrected chi connectivity index (χ2v) is 19.1. The summed E-state index contributed by atoms with van der Waals surface area (Å²) < 4.78 is 2.46. The minimum absolute atomic E-state index is 0.0280. The summed E-state index contributed by atoms with van der Waals surface area (Å²) in [4.78, 5) is 9.56. The van der Waals surface area contributed by atoms with Crippen molar-refractivity contribution in [1.29, 1.82) is 0 Å². The molecule has 0 aliphatic carbocycles. The molecule has 0 aliphatic rings. The highest BCUT2D eigenvalue weighted by Crippen LogP contribution is 2.41. The standard InChI is InChI=1S/C31H36N2SSi/c1-30(2,3)21-11-13-23-26(16-21)34-29-27(32-18-33-28(23)29)20-14-19-10-12-22(35(7,8)9)17-24(19)25(15-20)31(4,5)6/h10-18H,1-9H3. The largest absolute Gasteiger partial charge is 0.235 e. The van der Waals surface area contributed by atoms with Gasteiger partial charge in [-0.1, -0.05) is 96.7 Å². The van der Waals surface area contributed by atoms with E-state index in [1.165, 1.54) is 47.4 Å². The highest BCUT2D eigenvalue weighted by molar-refractivity contribution is 7.26. The second kappa shape index (κ2) is 7.97. The Morgan fingerprint density at radius 1 is 0.743 bits per heavy atom. The van der Waals surface area contributed by atoms with E-state index < -0.39 is 8.07 Å². The lowest BCUT2D eigenvalue weighted by molar-refractivity contribution is 0.591. The van der Waals surface area contributed by atoms with Gasteiger partial charge < -0.3 is 0 Å². The monoisotopic (exact) mass is 496 g/mol. The maximum atomic E-state index is 4.84.